The Labute approximate surface area is 119 Å². The lowest BCUT2D eigenvalue weighted by molar-refractivity contribution is 0.585. The second kappa shape index (κ2) is 6.14. The number of hydrogen-bond donors (Lipinski definition) is 1. The highest BCUT2D eigenvalue weighted by molar-refractivity contribution is 9.10. The Morgan fingerprint density at radius 3 is 2.88 bits per heavy atom. The molecule has 1 atom stereocenters. The zero-order valence-corrected chi connectivity index (χ0v) is 13.2. The molecule has 0 saturated heterocycles. The first-order chi connectivity index (χ1) is 8.20. The Morgan fingerprint density at radius 2 is 2.24 bits per heavy atom. The Morgan fingerprint density at radius 1 is 1.41 bits per heavy atom. The van der Waals surface area contributed by atoms with E-state index in [0.29, 0.717) is 6.04 Å². The summed E-state index contributed by atoms with van der Waals surface area (Å²) in [5.74, 6) is 0. The zero-order valence-electron chi connectivity index (χ0n) is 10.00. The first-order valence-electron chi connectivity index (χ1n) is 5.73. The van der Waals surface area contributed by atoms with Crippen LogP contribution in [0.5, 0.6) is 0 Å². The average Bonchev–Trinajstić information content (AvgIpc) is 2.94. The van der Waals surface area contributed by atoms with E-state index in [2.05, 4.69) is 58.0 Å². The SMILES string of the molecule is CCc1ccsc1CNC(C)c1cc(Br)cs1. The summed E-state index contributed by atoms with van der Waals surface area (Å²) in [5.41, 5.74) is 1.47. The maximum absolute atomic E-state index is 3.59. The third kappa shape index (κ3) is 3.41. The second-order valence-corrected chi connectivity index (χ2v) is 6.85. The number of rotatable bonds is 5. The molecule has 2 aromatic rings. The third-order valence-corrected chi connectivity index (χ3v) is 5.64. The van der Waals surface area contributed by atoms with E-state index in [-0.39, 0.29) is 0 Å². The zero-order chi connectivity index (χ0) is 12.3. The van der Waals surface area contributed by atoms with Crippen LogP contribution in [-0.4, -0.2) is 0 Å². The van der Waals surface area contributed by atoms with Gasteiger partial charge in [-0.1, -0.05) is 6.92 Å². The first-order valence-corrected chi connectivity index (χ1v) is 8.28. The lowest BCUT2D eigenvalue weighted by atomic mass is 10.2. The quantitative estimate of drug-likeness (QED) is 0.815. The summed E-state index contributed by atoms with van der Waals surface area (Å²) in [4.78, 5) is 2.85. The molecule has 0 fully saturated rings. The number of nitrogens with one attached hydrogen (secondary N) is 1. The number of hydrogen-bond acceptors (Lipinski definition) is 3. The Bertz CT molecular complexity index is 475. The minimum absolute atomic E-state index is 0.415. The molecule has 0 amide bonds. The standard InChI is InChI=1S/C13H16BrNS2/c1-3-10-4-5-16-13(10)7-15-9(2)12-6-11(14)8-17-12/h4-6,8-9,15H,3,7H2,1-2H3. The van der Waals surface area contributed by atoms with Crippen LogP contribution in [0.4, 0.5) is 0 Å². The van der Waals surface area contributed by atoms with Gasteiger partial charge in [-0.25, -0.2) is 0 Å². The van der Waals surface area contributed by atoms with Gasteiger partial charge in [0.15, 0.2) is 0 Å². The van der Waals surface area contributed by atoms with Gasteiger partial charge in [0.2, 0.25) is 0 Å². The fourth-order valence-corrected chi connectivity index (χ4v) is 4.14. The second-order valence-electron chi connectivity index (χ2n) is 3.99. The summed E-state index contributed by atoms with van der Waals surface area (Å²) in [5, 5.41) is 7.91. The van der Waals surface area contributed by atoms with Crippen molar-refractivity contribution in [3.8, 4) is 0 Å². The lowest BCUT2D eigenvalue weighted by Gasteiger charge is -2.11. The highest BCUT2D eigenvalue weighted by Gasteiger charge is 2.09. The van der Waals surface area contributed by atoms with Gasteiger partial charge in [-0.2, -0.15) is 0 Å². The Kier molecular flexibility index (Phi) is 4.79. The van der Waals surface area contributed by atoms with E-state index in [1.807, 2.05) is 11.3 Å². The highest BCUT2D eigenvalue weighted by Crippen LogP contribution is 2.26. The molecule has 1 N–H and O–H groups in total. The Balaban J connectivity index is 1.94. The summed E-state index contributed by atoms with van der Waals surface area (Å²) in [6.07, 6.45) is 1.12. The number of aryl methyl sites for hydroxylation is 1. The summed E-state index contributed by atoms with van der Waals surface area (Å²) in [6, 6.07) is 4.84. The first kappa shape index (κ1) is 13.3. The van der Waals surface area contributed by atoms with E-state index in [1.54, 1.807) is 11.3 Å². The maximum Gasteiger partial charge on any atom is 0.0389 e. The molecule has 0 aliphatic carbocycles. The molecule has 2 heterocycles. The van der Waals surface area contributed by atoms with Crippen LogP contribution in [0.25, 0.3) is 0 Å². The van der Waals surface area contributed by atoms with Crippen LogP contribution in [-0.2, 0) is 13.0 Å². The summed E-state index contributed by atoms with van der Waals surface area (Å²) < 4.78 is 1.18. The molecule has 2 aromatic heterocycles. The monoisotopic (exact) mass is 329 g/mol. The van der Waals surface area contributed by atoms with Crippen LogP contribution in [0.1, 0.15) is 35.2 Å². The molecule has 1 unspecified atom stereocenters. The van der Waals surface area contributed by atoms with Crippen molar-refractivity contribution < 1.29 is 0 Å². The van der Waals surface area contributed by atoms with Gasteiger partial charge < -0.3 is 5.32 Å². The van der Waals surface area contributed by atoms with Crippen molar-refractivity contribution >= 4 is 38.6 Å². The predicted octanol–water partition coefficient (Wildman–Crippen LogP) is 4.99. The highest BCUT2D eigenvalue weighted by atomic mass is 79.9. The minimum atomic E-state index is 0.415. The molecule has 0 saturated carbocycles. The van der Waals surface area contributed by atoms with Crippen molar-refractivity contribution in [2.75, 3.05) is 0 Å². The molecular formula is C13H16BrNS2. The van der Waals surface area contributed by atoms with Gasteiger partial charge in [0.25, 0.3) is 0 Å². The average molecular weight is 330 g/mol. The third-order valence-electron chi connectivity index (χ3n) is 2.80. The van der Waals surface area contributed by atoms with Gasteiger partial charge in [-0.05, 0) is 52.4 Å². The van der Waals surface area contributed by atoms with Crippen molar-refractivity contribution in [3.05, 3.63) is 42.7 Å². The molecule has 0 aliphatic rings. The molecule has 0 bridgehead atoms. The van der Waals surface area contributed by atoms with Crippen molar-refractivity contribution in [1.82, 2.24) is 5.32 Å². The lowest BCUT2D eigenvalue weighted by Crippen LogP contribution is -2.17. The molecule has 0 spiro atoms. The van der Waals surface area contributed by atoms with Crippen molar-refractivity contribution in [2.45, 2.75) is 32.9 Å². The summed E-state index contributed by atoms with van der Waals surface area (Å²) in [7, 11) is 0. The predicted molar refractivity (Wildman–Crippen MR) is 81.0 cm³/mol. The number of thiophene rings is 2. The van der Waals surface area contributed by atoms with Crippen LogP contribution in [0.2, 0.25) is 0 Å². The van der Waals surface area contributed by atoms with Crippen LogP contribution < -0.4 is 5.32 Å². The van der Waals surface area contributed by atoms with Gasteiger partial charge in [-0.3, -0.25) is 0 Å². The van der Waals surface area contributed by atoms with Crippen LogP contribution in [0.15, 0.2) is 27.4 Å². The normalized spacial score (nSPS) is 12.9. The van der Waals surface area contributed by atoms with Gasteiger partial charge in [0.1, 0.15) is 0 Å². The Hall–Kier alpha value is -0.160. The van der Waals surface area contributed by atoms with E-state index in [4.69, 9.17) is 0 Å². The molecule has 2 rings (SSSR count). The van der Waals surface area contributed by atoms with Gasteiger partial charge in [-0.15, -0.1) is 22.7 Å². The van der Waals surface area contributed by atoms with E-state index in [1.165, 1.54) is 19.8 Å². The maximum atomic E-state index is 3.59. The van der Waals surface area contributed by atoms with Crippen molar-refractivity contribution in [3.63, 3.8) is 0 Å². The molecule has 17 heavy (non-hydrogen) atoms. The largest absolute Gasteiger partial charge is 0.305 e. The van der Waals surface area contributed by atoms with E-state index in [9.17, 15) is 0 Å². The van der Waals surface area contributed by atoms with E-state index < -0.39 is 0 Å². The fraction of sp³-hybridized carbons (Fsp3) is 0.385. The van der Waals surface area contributed by atoms with Crippen molar-refractivity contribution in [1.29, 1.82) is 0 Å². The molecule has 0 aliphatic heterocycles. The van der Waals surface area contributed by atoms with E-state index in [0.717, 1.165) is 13.0 Å². The van der Waals surface area contributed by atoms with E-state index >= 15 is 0 Å². The summed E-state index contributed by atoms with van der Waals surface area (Å²) >= 11 is 7.14. The van der Waals surface area contributed by atoms with Gasteiger partial charge in [0, 0.05) is 32.2 Å². The van der Waals surface area contributed by atoms with Crippen LogP contribution >= 0.6 is 38.6 Å². The molecule has 4 heteroatoms. The van der Waals surface area contributed by atoms with Crippen LogP contribution in [0, 0.1) is 0 Å². The van der Waals surface area contributed by atoms with Crippen LogP contribution in [0.3, 0.4) is 0 Å². The number of halogens is 1. The minimum Gasteiger partial charge on any atom is -0.305 e. The fourth-order valence-electron chi connectivity index (χ4n) is 1.74. The molecule has 1 nitrogen and oxygen atoms in total. The van der Waals surface area contributed by atoms with Gasteiger partial charge >= 0.3 is 0 Å². The summed E-state index contributed by atoms with van der Waals surface area (Å²) in [6.45, 7) is 5.40. The topological polar surface area (TPSA) is 12.0 Å². The van der Waals surface area contributed by atoms with Gasteiger partial charge in [0.05, 0.1) is 0 Å². The molecular weight excluding hydrogens is 314 g/mol. The molecule has 0 aromatic carbocycles. The molecule has 0 radical (unpaired) electrons. The smallest absolute Gasteiger partial charge is 0.0389 e. The molecule has 92 valence electrons. The van der Waals surface area contributed by atoms with Crippen molar-refractivity contribution in [2.24, 2.45) is 0 Å².